The summed E-state index contributed by atoms with van der Waals surface area (Å²) >= 11 is 5.84. The van der Waals surface area contributed by atoms with Gasteiger partial charge in [-0.1, -0.05) is 11.6 Å². The van der Waals surface area contributed by atoms with Crippen molar-refractivity contribution < 1.29 is 9.53 Å². The summed E-state index contributed by atoms with van der Waals surface area (Å²) in [6.45, 7) is 5.91. The van der Waals surface area contributed by atoms with Gasteiger partial charge in [0, 0.05) is 0 Å². The standard InChI is InChI=1S/C12H19ClN8O2/c1-4-23-11-18-10(19-12(2,3)20-11)17-9(22)7-8(14)21(15)5-6(13)16-7/h4-5,14-15H2,1-3H3,(H2,17,18,19,20,22). The molecule has 0 spiro atoms. The van der Waals surface area contributed by atoms with Crippen LogP contribution >= 0.6 is 11.6 Å². The van der Waals surface area contributed by atoms with Crippen LogP contribution in [-0.2, 0) is 9.53 Å². The minimum atomic E-state index is -0.786. The largest absolute Gasteiger partial charge is 0.465 e. The van der Waals surface area contributed by atoms with E-state index in [-0.39, 0.29) is 35.2 Å². The molecule has 0 bridgehead atoms. The van der Waals surface area contributed by atoms with Crippen LogP contribution in [0.15, 0.2) is 26.5 Å². The molecule has 0 unspecified atom stereocenters. The molecule has 126 valence electrons. The number of hydrazine groups is 1. The van der Waals surface area contributed by atoms with E-state index in [0.29, 0.717) is 6.61 Å². The second-order valence-corrected chi connectivity index (χ2v) is 5.67. The maximum absolute atomic E-state index is 12.3. The lowest BCUT2D eigenvalue weighted by molar-refractivity contribution is -0.116. The highest BCUT2D eigenvalue weighted by molar-refractivity contribution is 6.66. The predicted molar refractivity (Wildman–Crippen MR) is 87.2 cm³/mol. The number of nitrogens with one attached hydrogen (secondary N) is 2. The first kappa shape index (κ1) is 17.0. The smallest absolute Gasteiger partial charge is 0.293 e. The number of halogens is 1. The van der Waals surface area contributed by atoms with Gasteiger partial charge in [-0.2, -0.15) is 0 Å². The van der Waals surface area contributed by atoms with Crippen LogP contribution in [0, 0.1) is 0 Å². The third-order valence-electron chi connectivity index (χ3n) is 2.80. The maximum atomic E-state index is 12.3. The van der Waals surface area contributed by atoms with Gasteiger partial charge < -0.3 is 10.5 Å². The predicted octanol–water partition coefficient (Wildman–Crippen LogP) is -0.855. The van der Waals surface area contributed by atoms with Gasteiger partial charge in [0.2, 0.25) is 5.96 Å². The van der Waals surface area contributed by atoms with E-state index in [1.807, 2.05) is 6.92 Å². The van der Waals surface area contributed by atoms with E-state index in [9.17, 15) is 4.79 Å². The number of guanidine groups is 1. The number of amidine groups is 1. The molecular weight excluding hydrogens is 324 g/mol. The first-order chi connectivity index (χ1) is 10.7. The Morgan fingerprint density at radius 1 is 1.52 bits per heavy atom. The number of ether oxygens (including phenoxy) is 1. The number of hydrogen-bond donors (Lipinski definition) is 4. The van der Waals surface area contributed by atoms with Gasteiger partial charge in [-0.3, -0.25) is 20.4 Å². The van der Waals surface area contributed by atoms with E-state index in [1.54, 1.807) is 13.8 Å². The summed E-state index contributed by atoms with van der Waals surface area (Å²) in [6, 6.07) is 0.260. The van der Waals surface area contributed by atoms with E-state index in [2.05, 4.69) is 25.6 Å². The van der Waals surface area contributed by atoms with Gasteiger partial charge in [0.25, 0.3) is 11.9 Å². The van der Waals surface area contributed by atoms with E-state index >= 15 is 0 Å². The Labute approximate surface area is 138 Å². The second kappa shape index (κ2) is 6.42. The number of amides is 1. The molecule has 2 rings (SSSR count). The SMILES string of the molecule is CCOC1=NC(C)(C)N=C(NC(=O)C2=C(N)N(N)CC(Cl)=N2)N1. The molecule has 23 heavy (non-hydrogen) atoms. The zero-order valence-electron chi connectivity index (χ0n) is 13.1. The van der Waals surface area contributed by atoms with Gasteiger partial charge in [-0.05, 0) is 20.8 Å². The number of nitrogens with zero attached hydrogens (tertiary/aromatic N) is 4. The van der Waals surface area contributed by atoms with Gasteiger partial charge in [0.15, 0.2) is 11.4 Å². The zero-order valence-corrected chi connectivity index (χ0v) is 13.8. The van der Waals surface area contributed by atoms with Gasteiger partial charge in [0.1, 0.15) is 11.0 Å². The lowest BCUT2D eigenvalue weighted by atomic mass is 10.3. The van der Waals surface area contributed by atoms with Gasteiger partial charge in [0.05, 0.1) is 13.2 Å². The minimum absolute atomic E-state index is 0.0151. The van der Waals surface area contributed by atoms with Crippen LogP contribution in [0.5, 0.6) is 0 Å². The number of hydrogen-bond acceptors (Lipinski definition) is 9. The van der Waals surface area contributed by atoms with Crippen molar-refractivity contribution in [3.05, 3.63) is 11.5 Å². The summed E-state index contributed by atoms with van der Waals surface area (Å²) in [5.74, 6) is 5.23. The summed E-state index contributed by atoms with van der Waals surface area (Å²) in [7, 11) is 0. The van der Waals surface area contributed by atoms with Crippen LogP contribution in [0.3, 0.4) is 0 Å². The van der Waals surface area contributed by atoms with Crippen LogP contribution in [0.1, 0.15) is 20.8 Å². The Balaban J connectivity index is 2.17. The Morgan fingerprint density at radius 2 is 2.22 bits per heavy atom. The number of nitrogens with two attached hydrogens (primary N) is 2. The van der Waals surface area contributed by atoms with E-state index in [1.165, 1.54) is 0 Å². The fourth-order valence-corrected chi connectivity index (χ4v) is 2.09. The van der Waals surface area contributed by atoms with Crippen molar-refractivity contribution >= 4 is 34.7 Å². The molecule has 0 saturated carbocycles. The van der Waals surface area contributed by atoms with Crippen LogP contribution in [-0.4, -0.2) is 46.9 Å². The summed E-state index contributed by atoms with van der Waals surface area (Å²) in [6.07, 6.45) is 0. The molecule has 2 aliphatic rings. The normalized spacial score (nSPS) is 20.2. The summed E-state index contributed by atoms with van der Waals surface area (Å²) < 4.78 is 5.32. The molecule has 1 amide bonds. The highest BCUT2D eigenvalue weighted by atomic mass is 35.5. The lowest BCUT2D eigenvalue weighted by Gasteiger charge is -2.26. The Kier molecular flexibility index (Phi) is 4.76. The van der Waals surface area contributed by atoms with Crippen molar-refractivity contribution in [1.29, 1.82) is 0 Å². The molecular formula is C12H19ClN8O2. The van der Waals surface area contributed by atoms with Crippen molar-refractivity contribution in [1.82, 2.24) is 15.6 Å². The molecule has 2 heterocycles. The van der Waals surface area contributed by atoms with Crippen LogP contribution < -0.4 is 22.2 Å². The van der Waals surface area contributed by atoms with Gasteiger partial charge in [-0.25, -0.2) is 20.8 Å². The Bertz CT molecular complexity index is 637. The fraction of sp³-hybridized carbons (Fsp3) is 0.500. The molecule has 10 nitrogen and oxygen atoms in total. The average molecular weight is 343 g/mol. The molecule has 0 fully saturated rings. The quantitative estimate of drug-likeness (QED) is 0.481. The van der Waals surface area contributed by atoms with Crippen molar-refractivity contribution in [2.24, 2.45) is 26.6 Å². The molecule has 0 atom stereocenters. The molecule has 2 aliphatic heterocycles. The number of aliphatic imine (C=N–C) groups is 3. The lowest BCUT2D eigenvalue weighted by Crippen LogP contribution is -2.51. The first-order valence-electron chi connectivity index (χ1n) is 6.87. The van der Waals surface area contributed by atoms with E-state index < -0.39 is 11.6 Å². The number of carbonyl (C=O) groups excluding carboxylic acids is 1. The zero-order chi connectivity index (χ0) is 17.2. The monoisotopic (exact) mass is 342 g/mol. The van der Waals surface area contributed by atoms with Crippen molar-refractivity contribution in [3.8, 4) is 0 Å². The molecule has 0 aromatic heterocycles. The van der Waals surface area contributed by atoms with Crippen molar-refractivity contribution in [2.45, 2.75) is 26.4 Å². The van der Waals surface area contributed by atoms with Gasteiger partial charge >= 0.3 is 0 Å². The molecule has 11 heteroatoms. The summed E-state index contributed by atoms with van der Waals surface area (Å²) in [5, 5.41) is 6.62. The average Bonchev–Trinajstić information content (AvgIpc) is 2.41. The van der Waals surface area contributed by atoms with Crippen molar-refractivity contribution in [2.75, 3.05) is 13.2 Å². The maximum Gasteiger partial charge on any atom is 0.293 e. The summed E-state index contributed by atoms with van der Waals surface area (Å²) in [4.78, 5) is 24.8. The Hall–Kier alpha value is -2.33. The third kappa shape index (κ3) is 4.11. The molecule has 0 radical (unpaired) electrons. The molecule has 0 aliphatic carbocycles. The number of rotatable bonds is 2. The first-order valence-corrected chi connectivity index (χ1v) is 7.25. The highest BCUT2D eigenvalue weighted by Crippen LogP contribution is 2.15. The highest BCUT2D eigenvalue weighted by Gasteiger charge is 2.28. The van der Waals surface area contributed by atoms with Crippen LogP contribution in [0.2, 0.25) is 0 Å². The third-order valence-corrected chi connectivity index (χ3v) is 3.00. The second-order valence-electron chi connectivity index (χ2n) is 5.23. The minimum Gasteiger partial charge on any atom is -0.465 e. The van der Waals surface area contributed by atoms with Crippen molar-refractivity contribution in [3.63, 3.8) is 0 Å². The van der Waals surface area contributed by atoms with E-state index in [0.717, 1.165) is 5.01 Å². The molecule has 0 aromatic rings. The molecule has 0 saturated heterocycles. The van der Waals surface area contributed by atoms with E-state index in [4.69, 9.17) is 27.9 Å². The Morgan fingerprint density at radius 3 is 2.87 bits per heavy atom. The molecule has 0 aromatic carbocycles. The fourth-order valence-electron chi connectivity index (χ4n) is 1.88. The molecule has 6 N–H and O–H groups in total. The summed E-state index contributed by atoms with van der Waals surface area (Å²) in [5.41, 5.74) is 4.89. The topological polar surface area (TPSA) is 143 Å². The number of carbonyl (C=O) groups is 1. The van der Waals surface area contributed by atoms with Crippen LogP contribution in [0.4, 0.5) is 0 Å². The van der Waals surface area contributed by atoms with Crippen LogP contribution in [0.25, 0.3) is 0 Å². The van der Waals surface area contributed by atoms with Gasteiger partial charge in [-0.15, -0.1) is 0 Å².